The number of aromatic nitrogens is 2. The van der Waals surface area contributed by atoms with Gasteiger partial charge in [0.05, 0.1) is 10.6 Å². The summed E-state index contributed by atoms with van der Waals surface area (Å²) in [6.45, 7) is 3.41. The van der Waals surface area contributed by atoms with Gasteiger partial charge in [0.1, 0.15) is 17.5 Å². The molecule has 0 unspecified atom stereocenters. The minimum Gasteiger partial charge on any atom is -0.264 e. The Hall–Kier alpha value is -2.26. The van der Waals surface area contributed by atoms with E-state index in [2.05, 4.69) is 25.8 Å². The van der Waals surface area contributed by atoms with Gasteiger partial charge in [-0.1, -0.05) is 15.9 Å². The van der Waals surface area contributed by atoms with Gasteiger partial charge in [-0.2, -0.15) is 5.10 Å². The molecule has 9 heteroatoms. The Morgan fingerprint density at radius 3 is 2.30 bits per heavy atom. The van der Waals surface area contributed by atoms with Crippen molar-refractivity contribution in [3.63, 3.8) is 0 Å². The summed E-state index contributed by atoms with van der Waals surface area (Å²) in [5.74, 6) is -1.31. The average Bonchev–Trinajstić information content (AvgIpc) is 2.85. The fraction of sp³-hybridized carbons (Fsp3) is 0.167. The third-order valence-electron chi connectivity index (χ3n) is 4.02. The number of nitrogens with one attached hydrogen (secondary N) is 1. The number of halogens is 3. The van der Waals surface area contributed by atoms with Crippen LogP contribution in [0.15, 0.2) is 45.8 Å². The van der Waals surface area contributed by atoms with E-state index < -0.39 is 21.7 Å². The van der Waals surface area contributed by atoms with Crippen molar-refractivity contribution in [2.75, 3.05) is 4.72 Å². The van der Waals surface area contributed by atoms with Gasteiger partial charge in [0.2, 0.25) is 0 Å². The van der Waals surface area contributed by atoms with Crippen LogP contribution in [0.2, 0.25) is 0 Å². The van der Waals surface area contributed by atoms with Crippen LogP contribution >= 0.6 is 15.9 Å². The molecule has 1 aromatic heterocycles. The lowest BCUT2D eigenvalue weighted by Crippen LogP contribution is -2.17. The third kappa shape index (κ3) is 3.89. The Morgan fingerprint density at radius 2 is 1.70 bits per heavy atom. The van der Waals surface area contributed by atoms with Gasteiger partial charge < -0.3 is 0 Å². The molecule has 0 saturated heterocycles. The number of benzene rings is 2. The highest BCUT2D eigenvalue weighted by Crippen LogP contribution is 2.29. The summed E-state index contributed by atoms with van der Waals surface area (Å²) in [6, 6.07) is 7.95. The summed E-state index contributed by atoms with van der Waals surface area (Å²) >= 11 is 3.34. The van der Waals surface area contributed by atoms with Crippen LogP contribution in [0.3, 0.4) is 0 Å². The highest BCUT2D eigenvalue weighted by Gasteiger charge is 2.22. The van der Waals surface area contributed by atoms with Crippen LogP contribution in [-0.2, 0) is 17.1 Å². The Bertz CT molecular complexity index is 1120. The van der Waals surface area contributed by atoms with Crippen molar-refractivity contribution in [3.8, 4) is 11.3 Å². The Morgan fingerprint density at radius 1 is 1.07 bits per heavy atom. The average molecular weight is 456 g/mol. The van der Waals surface area contributed by atoms with Gasteiger partial charge in [-0.05, 0) is 49.2 Å². The molecule has 142 valence electrons. The lowest BCUT2D eigenvalue weighted by molar-refractivity contribution is 0.585. The fourth-order valence-corrected chi connectivity index (χ4v) is 5.12. The second-order valence-corrected chi connectivity index (χ2v) is 8.67. The number of hydrogen-bond donors (Lipinski definition) is 1. The van der Waals surface area contributed by atoms with E-state index in [-0.39, 0.29) is 22.0 Å². The molecule has 0 radical (unpaired) electrons. The van der Waals surface area contributed by atoms with E-state index in [0.717, 1.165) is 16.6 Å². The van der Waals surface area contributed by atoms with Crippen molar-refractivity contribution in [3.05, 3.63) is 63.6 Å². The molecule has 0 fully saturated rings. The minimum atomic E-state index is -3.89. The summed E-state index contributed by atoms with van der Waals surface area (Å²) in [4.78, 5) is 0.168. The number of aryl methyl sites for hydroxylation is 3. The van der Waals surface area contributed by atoms with Crippen LogP contribution < -0.4 is 4.72 Å². The zero-order valence-electron chi connectivity index (χ0n) is 14.7. The van der Waals surface area contributed by atoms with Gasteiger partial charge in [0.25, 0.3) is 10.0 Å². The van der Waals surface area contributed by atoms with Crippen LogP contribution in [0, 0.1) is 25.5 Å². The maximum atomic E-state index is 14.0. The smallest absolute Gasteiger partial charge is 0.263 e. The predicted molar refractivity (Wildman–Crippen MR) is 103 cm³/mol. The monoisotopic (exact) mass is 455 g/mol. The molecular formula is C18H16BrF2N3O2S. The lowest BCUT2D eigenvalue weighted by Gasteiger charge is -2.13. The zero-order valence-corrected chi connectivity index (χ0v) is 17.1. The molecular weight excluding hydrogens is 440 g/mol. The van der Waals surface area contributed by atoms with Crippen molar-refractivity contribution in [1.82, 2.24) is 9.78 Å². The van der Waals surface area contributed by atoms with E-state index in [1.54, 1.807) is 26.0 Å². The first-order valence-corrected chi connectivity index (χ1v) is 10.1. The number of anilines is 1. The van der Waals surface area contributed by atoms with Crippen LogP contribution in [-0.4, -0.2) is 18.2 Å². The largest absolute Gasteiger partial charge is 0.264 e. The zero-order chi connectivity index (χ0) is 19.9. The van der Waals surface area contributed by atoms with Gasteiger partial charge in [-0.3, -0.25) is 9.40 Å². The number of rotatable bonds is 4. The number of hydrogen-bond acceptors (Lipinski definition) is 3. The van der Waals surface area contributed by atoms with E-state index in [9.17, 15) is 17.2 Å². The highest BCUT2D eigenvalue weighted by molar-refractivity contribution is 9.10. The topological polar surface area (TPSA) is 64.0 Å². The summed E-state index contributed by atoms with van der Waals surface area (Å²) in [7, 11) is -2.35. The molecule has 3 rings (SSSR count). The van der Waals surface area contributed by atoms with Crippen molar-refractivity contribution in [2.24, 2.45) is 7.05 Å². The van der Waals surface area contributed by atoms with Gasteiger partial charge in [-0.15, -0.1) is 0 Å². The van der Waals surface area contributed by atoms with Crippen LogP contribution in [0.1, 0.15) is 11.1 Å². The second kappa shape index (κ2) is 7.05. The maximum Gasteiger partial charge on any atom is 0.263 e. The first-order valence-electron chi connectivity index (χ1n) is 7.87. The Balaban J connectivity index is 2.00. The molecule has 0 atom stereocenters. The molecule has 0 aliphatic rings. The molecule has 0 saturated carbocycles. The Labute approximate surface area is 164 Å². The van der Waals surface area contributed by atoms with Gasteiger partial charge in [0, 0.05) is 29.2 Å². The summed E-state index contributed by atoms with van der Waals surface area (Å²) < 4.78 is 57.4. The normalized spacial score (nSPS) is 11.6. The minimum absolute atomic E-state index is 0.0773. The quantitative estimate of drug-likeness (QED) is 0.627. The van der Waals surface area contributed by atoms with E-state index in [1.807, 2.05) is 0 Å². The maximum absolute atomic E-state index is 14.0. The van der Waals surface area contributed by atoms with Crippen molar-refractivity contribution >= 4 is 31.8 Å². The van der Waals surface area contributed by atoms with Crippen LogP contribution in [0.25, 0.3) is 11.3 Å². The summed E-state index contributed by atoms with van der Waals surface area (Å²) in [6.07, 6.45) is 0. The number of sulfonamides is 1. The second-order valence-electron chi connectivity index (χ2n) is 6.14. The van der Waals surface area contributed by atoms with Crippen molar-refractivity contribution < 1.29 is 17.2 Å². The van der Waals surface area contributed by atoms with Gasteiger partial charge in [0.15, 0.2) is 0 Å². The van der Waals surface area contributed by atoms with Crippen LogP contribution in [0.4, 0.5) is 14.6 Å². The molecule has 1 heterocycles. The molecule has 1 N–H and O–H groups in total. The molecule has 3 aromatic rings. The molecule has 0 aliphatic carbocycles. The molecule has 0 spiro atoms. The van der Waals surface area contributed by atoms with Gasteiger partial charge in [-0.25, -0.2) is 17.2 Å². The molecule has 2 aromatic carbocycles. The van der Waals surface area contributed by atoms with E-state index in [0.29, 0.717) is 11.1 Å². The molecule has 0 aliphatic heterocycles. The van der Waals surface area contributed by atoms with Crippen LogP contribution in [0.5, 0.6) is 0 Å². The summed E-state index contributed by atoms with van der Waals surface area (Å²) in [5.41, 5.74) is 1.44. The molecule has 5 nitrogen and oxygen atoms in total. The first-order chi connectivity index (χ1) is 12.6. The number of nitrogens with zero attached hydrogens (tertiary/aromatic N) is 2. The first kappa shape index (κ1) is 19.5. The SMILES string of the molecule is Cc1cc(Br)cc(C)c1S(=O)(=O)Nc1cc(-c2ccc(F)cc2F)nn1C. The highest BCUT2D eigenvalue weighted by atomic mass is 79.9. The Kier molecular flexibility index (Phi) is 5.09. The molecule has 27 heavy (non-hydrogen) atoms. The van der Waals surface area contributed by atoms with Gasteiger partial charge >= 0.3 is 0 Å². The summed E-state index contributed by atoms with van der Waals surface area (Å²) in [5, 5.41) is 4.13. The lowest BCUT2D eigenvalue weighted by atomic mass is 10.1. The van der Waals surface area contributed by atoms with Crippen molar-refractivity contribution in [1.29, 1.82) is 0 Å². The van der Waals surface area contributed by atoms with E-state index in [4.69, 9.17) is 0 Å². The third-order valence-corrected chi connectivity index (χ3v) is 6.14. The fourth-order valence-electron chi connectivity index (χ4n) is 2.90. The molecule has 0 bridgehead atoms. The predicted octanol–water partition coefficient (Wildman–Crippen LogP) is 4.55. The van der Waals surface area contributed by atoms with E-state index in [1.165, 1.54) is 23.9 Å². The van der Waals surface area contributed by atoms with Crippen molar-refractivity contribution in [2.45, 2.75) is 18.7 Å². The molecule has 0 amide bonds. The van der Waals surface area contributed by atoms with E-state index >= 15 is 0 Å². The standard InChI is InChI=1S/C18H16BrF2N3O2S/c1-10-6-12(19)7-11(2)18(10)27(25,26)23-17-9-16(22-24(17)3)14-5-4-13(20)8-15(14)21/h4-9,23H,1-3H3.